The molecule has 0 aromatic heterocycles. The predicted molar refractivity (Wildman–Crippen MR) is 83.8 cm³/mol. The van der Waals surface area contributed by atoms with Gasteiger partial charge in [-0.25, -0.2) is 0 Å². The first-order valence-corrected chi connectivity index (χ1v) is 7.74. The maximum atomic E-state index is 5.32. The molecule has 0 spiro atoms. The molecule has 1 aromatic rings. The van der Waals surface area contributed by atoms with E-state index in [4.69, 9.17) is 9.47 Å². The van der Waals surface area contributed by atoms with Crippen LogP contribution in [0.1, 0.15) is 45.4 Å². The molecule has 0 bridgehead atoms. The first-order valence-electron chi connectivity index (χ1n) is 7.74. The van der Waals surface area contributed by atoms with Crippen molar-refractivity contribution in [1.82, 2.24) is 0 Å². The first kappa shape index (κ1) is 15.0. The van der Waals surface area contributed by atoms with Gasteiger partial charge < -0.3 is 14.8 Å². The second kappa shape index (κ2) is 7.41. The first-order chi connectivity index (χ1) is 9.75. The van der Waals surface area contributed by atoms with Crippen LogP contribution in [-0.4, -0.2) is 20.3 Å². The monoisotopic (exact) mass is 277 g/mol. The van der Waals surface area contributed by atoms with Crippen molar-refractivity contribution in [2.24, 2.45) is 5.92 Å². The Morgan fingerprint density at radius 1 is 1.00 bits per heavy atom. The summed E-state index contributed by atoms with van der Waals surface area (Å²) in [4.78, 5) is 0. The number of anilines is 1. The van der Waals surface area contributed by atoms with Gasteiger partial charge in [0.15, 0.2) is 0 Å². The zero-order valence-corrected chi connectivity index (χ0v) is 12.9. The highest BCUT2D eigenvalue weighted by molar-refractivity contribution is 5.54. The molecule has 1 aliphatic carbocycles. The van der Waals surface area contributed by atoms with Crippen LogP contribution in [-0.2, 0) is 0 Å². The molecule has 0 saturated heterocycles. The van der Waals surface area contributed by atoms with Gasteiger partial charge in [-0.05, 0) is 31.6 Å². The highest BCUT2D eigenvalue weighted by Gasteiger charge is 2.20. The van der Waals surface area contributed by atoms with Crippen molar-refractivity contribution in [1.29, 1.82) is 0 Å². The summed E-state index contributed by atoms with van der Waals surface area (Å²) < 4.78 is 10.6. The molecule has 1 fully saturated rings. The zero-order chi connectivity index (χ0) is 14.4. The molecule has 0 unspecified atom stereocenters. The predicted octanol–water partition coefficient (Wildman–Crippen LogP) is 4.47. The van der Waals surface area contributed by atoms with Crippen molar-refractivity contribution in [3.05, 3.63) is 18.2 Å². The van der Waals surface area contributed by atoms with Crippen LogP contribution < -0.4 is 14.8 Å². The number of methoxy groups -OCH3 is 2. The van der Waals surface area contributed by atoms with Crippen LogP contribution in [0.3, 0.4) is 0 Å². The fraction of sp³-hybridized carbons (Fsp3) is 0.647. The Kier molecular flexibility index (Phi) is 5.57. The Balaban J connectivity index is 1.93. The van der Waals surface area contributed by atoms with Gasteiger partial charge in [0, 0.05) is 29.9 Å². The molecular weight excluding hydrogens is 250 g/mol. The molecule has 0 heterocycles. The highest BCUT2D eigenvalue weighted by Crippen LogP contribution is 2.31. The fourth-order valence-corrected chi connectivity index (χ4v) is 3.13. The number of hydrogen-bond donors (Lipinski definition) is 1. The van der Waals surface area contributed by atoms with Crippen molar-refractivity contribution in [3.63, 3.8) is 0 Å². The maximum absolute atomic E-state index is 5.32. The molecule has 0 aliphatic heterocycles. The largest absolute Gasteiger partial charge is 0.497 e. The van der Waals surface area contributed by atoms with Gasteiger partial charge in [-0.3, -0.25) is 0 Å². The van der Waals surface area contributed by atoms with Gasteiger partial charge in [0.2, 0.25) is 0 Å². The summed E-state index contributed by atoms with van der Waals surface area (Å²) in [6.45, 7) is 2.28. The van der Waals surface area contributed by atoms with Crippen LogP contribution in [0.15, 0.2) is 18.2 Å². The second-order valence-corrected chi connectivity index (χ2v) is 5.75. The van der Waals surface area contributed by atoms with Gasteiger partial charge in [0.25, 0.3) is 0 Å². The van der Waals surface area contributed by atoms with Crippen molar-refractivity contribution in [2.75, 3.05) is 19.5 Å². The second-order valence-electron chi connectivity index (χ2n) is 5.75. The third kappa shape index (κ3) is 4.06. The average Bonchev–Trinajstić information content (AvgIpc) is 2.49. The van der Waals surface area contributed by atoms with Gasteiger partial charge in [0.05, 0.1) is 14.2 Å². The van der Waals surface area contributed by atoms with E-state index in [0.29, 0.717) is 6.04 Å². The molecule has 3 heteroatoms. The van der Waals surface area contributed by atoms with E-state index in [2.05, 4.69) is 12.2 Å². The van der Waals surface area contributed by atoms with Crippen molar-refractivity contribution in [3.8, 4) is 11.5 Å². The fourth-order valence-electron chi connectivity index (χ4n) is 3.13. The number of benzene rings is 1. The molecule has 1 aliphatic rings. The summed E-state index contributed by atoms with van der Waals surface area (Å²) in [6, 6.07) is 6.57. The Hall–Kier alpha value is -1.38. The van der Waals surface area contributed by atoms with E-state index in [1.165, 1.54) is 38.5 Å². The number of hydrogen-bond acceptors (Lipinski definition) is 3. The van der Waals surface area contributed by atoms with E-state index in [1.807, 2.05) is 18.2 Å². The van der Waals surface area contributed by atoms with Gasteiger partial charge in [-0.2, -0.15) is 0 Å². The van der Waals surface area contributed by atoms with Gasteiger partial charge in [-0.15, -0.1) is 0 Å². The van der Waals surface area contributed by atoms with E-state index < -0.39 is 0 Å². The molecule has 20 heavy (non-hydrogen) atoms. The van der Waals surface area contributed by atoms with Crippen LogP contribution in [0.4, 0.5) is 5.69 Å². The Morgan fingerprint density at radius 3 is 2.10 bits per heavy atom. The van der Waals surface area contributed by atoms with Crippen LogP contribution in [0, 0.1) is 5.92 Å². The topological polar surface area (TPSA) is 30.5 Å². The van der Waals surface area contributed by atoms with Crippen LogP contribution in [0.2, 0.25) is 0 Å². The molecule has 3 nitrogen and oxygen atoms in total. The summed E-state index contributed by atoms with van der Waals surface area (Å²) >= 11 is 0. The lowest BCUT2D eigenvalue weighted by atomic mass is 9.83. The molecule has 1 N–H and O–H groups in total. The van der Waals surface area contributed by atoms with Crippen LogP contribution in [0.25, 0.3) is 0 Å². The van der Waals surface area contributed by atoms with Gasteiger partial charge in [0.1, 0.15) is 11.5 Å². The summed E-state index contributed by atoms with van der Waals surface area (Å²) in [5, 5.41) is 3.63. The summed E-state index contributed by atoms with van der Waals surface area (Å²) in [6.07, 6.45) is 7.95. The Bertz CT molecular complexity index is 389. The highest BCUT2D eigenvalue weighted by atomic mass is 16.5. The minimum atomic E-state index is 0.583. The summed E-state index contributed by atoms with van der Waals surface area (Å²) in [7, 11) is 3.38. The van der Waals surface area contributed by atoms with E-state index in [1.54, 1.807) is 14.2 Å². The van der Waals surface area contributed by atoms with Crippen molar-refractivity contribution < 1.29 is 9.47 Å². The molecular formula is C17H27NO2. The summed E-state index contributed by atoms with van der Waals surface area (Å²) in [5.74, 6) is 2.62. The molecule has 1 saturated carbocycles. The van der Waals surface area contributed by atoms with E-state index in [9.17, 15) is 0 Å². The average molecular weight is 277 g/mol. The lowest BCUT2D eigenvalue weighted by Crippen LogP contribution is -2.26. The molecule has 112 valence electrons. The smallest absolute Gasteiger partial charge is 0.124 e. The molecule has 2 rings (SSSR count). The van der Waals surface area contributed by atoms with Crippen LogP contribution >= 0.6 is 0 Å². The van der Waals surface area contributed by atoms with E-state index in [-0.39, 0.29) is 0 Å². The normalized spacial score (nSPS) is 22.4. The molecule has 0 radical (unpaired) electrons. The standard InChI is InChI=1S/C17H27NO2/c1-4-5-13-6-8-14(9-7-13)18-15-10-16(19-2)12-17(11-15)20-3/h10-14,18H,4-9H2,1-3H3. The van der Waals surface area contributed by atoms with Crippen molar-refractivity contribution in [2.45, 2.75) is 51.5 Å². The van der Waals surface area contributed by atoms with Crippen molar-refractivity contribution >= 4 is 5.69 Å². The Morgan fingerprint density at radius 2 is 1.60 bits per heavy atom. The SMILES string of the molecule is CCCC1CCC(Nc2cc(OC)cc(OC)c2)CC1. The van der Waals surface area contributed by atoms with E-state index in [0.717, 1.165) is 23.1 Å². The number of nitrogens with one attached hydrogen (secondary N) is 1. The molecule has 0 amide bonds. The zero-order valence-electron chi connectivity index (χ0n) is 12.9. The molecule has 0 atom stereocenters. The third-order valence-corrected chi connectivity index (χ3v) is 4.27. The third-order valence-electron chi connectivity index (χ3n) is 4.27. The van der Waals surface area contributed by atoms with Crippen LogP contribution in [0.5, 0.6) is 11.5 Å². The minimum absolute atomic E-state index is 0.583. The maximum Gasteiger partial charge on any atom is 0.124 e. The number of rotatable bonds is 6. The van der Waals surface area contributed by atoms with Gasteiger partial charge >= 0.3 is 0 Å². The molecule has 1 aromatic carbocycles. The van der Waals surface area contributed by atoms with Gasteiger partial charge in [-0.1, -0.05) is 19.8 Å². The Labute approximate surface area is 122 Å². The number of ether oxygens (including phenoxy) is 2. The lowest BCUT2D eigenvalue weighted by molar-refractivity contribution is 0.318. The minimum Gasteiger partial charge on any atom is -0.497 e. The van der Waals surface area contributed by atoms with E-state index >= 15 is 0 Å². The summed E-state index contributed by atoms with van der Waals surface area (Å²) in [5.41, 5.74) is 1.10. The quantitative estimate of drug-likeness (QED) is 0.832. The lowest BCUT2D eigenvalue weighted by Gasteiger charge is -2.29.